The van der Waals surface area contributed by atoms with Gasteiger partial charge < -0.3 is 10.1 Å². The molecule has 1 heterocycles. The van der Waals surface area contributed by atoms with E-state index in [0.717, 1.165) is 11.1 Å². The molecule has 94 valence electrons. The molecule has 0 unspecified atom stereocenters. The summed E-state index contributed by atoms with van der Waals surface area (Å²) in [6.45, 7) is 5.67. The van der Waals surface area contributed by atoms with E-state index in [2.05, 4.69) is 9.97 Å². The van der Waals surface area contributed by atoms with Crippen LogP contribution in [0.25, 0.3) is 11.4 Å². The fourth-order valence-corrected chi connectivity index (χ4v) is 1.84. The molecular formula is C14H16N2O2. The van der Waals surface area contributed by atoms with Gasteiger partial charge >= 0.3 is 0 Å². The molecule has 4 nitrogen and oxygen atoms in total. The second-order valence-electron chi connectivity index (χ2n) is 4.67. The second kappa shape index (κ2) is 4.64. The maximum absolute atomic E-state index is 11.9. The average molecular weight is 244 g/mol. The molecular weight excluding hydrogens is 228 g/mol. The van der Waals surface area contributed by atoms with Crippen LogP contribution in [0.15, 0.2) is 29.1 Å². The number of benzene rings is 1. The molecule has 0 spiro atoms. The van der Waals surface area contributed by atoms with Gasteiger partial charge in [0.1, 0.15) is 5.82 Å². The van der Waals surface area contributed by atoms with Crippen molar-refractivity contribution in [3.05, 3.63) is 45.7 Å². The summed E-state index contributed by atoms with van der Waals surface area (Å²) in [5.41, 5.74) is 1.95. The van der Waals surface area contributed by atoms with Gasteiger partial charge in [-0.1, -0.05) is 43.7 Å². The lowest BCUT2D eigenvalue weighted by Crippen LogP contribution is -2.16. The van der Waals surface area contributed by atoms with Crippen molar-refractivity contribution in [2.24, 2.45) is 0 Å². The molecule has 0 saturated heterocycles. The SMILES string of the molecule is Cc1ccc(-c2nc(O)c(C(C)C)c(=O)[nH]2)cc1. The summed E-state index contributed by atoms with van der Waals surface area (Å²) in [4.78, 5) is 18.6. The summed E-state index contributed by atoms with van der Waals surface area (Å²) in [5, 5.41) is 9.83. The van der Waals surface area contributed by atoms with Crippen molar-refractivity contribution in [1.29, 1.82) is 0 Å². The summed E-state index contributed by atoms with van der Waals surface area (Å²) >= 11 is 0. The molecule has 0 aliphatic heterocycles. The van der Waals surface area contributed by atoms with Gasteiger partial charge in [0.2, 0.25) is 5.88 Å². The molecule has 2 aromatic rings. The Bertz CT molecular complexity index is 613. The van der Waals surface area contributed by atoms with Crippen LogP contribution in [0.4, 0.5) is 0 Å². The third kappa shape index (κ3) is 2.27. The first-order chi connectivity index (χ1) is 8.49. The highest BCUT2D eigenvalue weighted by Crippen LogP contribution is 2.22. The lowest BCUT2D eigenvalue weighted by atomic mass is 10.1. The molecule has 18 heavy (non-hydrogen) atoms. The zero-order chi connectivity index (χ0) is 13.3. The maximum Gasteiger partial charge on any atom is 0.258 e. The molecule has 0 aliphatic rings. The molecule has 0 saturated carbocycles. The molecule has 0 radical (unpaired) electrons. The Labute approximate surface area is 105 Å². The van der Waals surface area contributed by atoms with Crippen LogP contribution in [0, 0.1) is 6.92 Å². The standard InChI is InChI=1S/C14H16N2O2/c1-8(2)11-13(17)15-12(16-14(11)18)10-6-4-9(3)5-7-10/h4-8H,1-3H3,(H2,15,16,17,18). The average Bonchev–Trinajstić information content (AvgIpc) is 2.28. The van der Waals surface area contributed by atoms with E-state index in [-0.39, 0.29) is 17.4 Å². The minimum atomic E-state index is -0.284. The first kappa shape index (κ1) is 12.4. The number of rotatable bonds is 2. The molecule has 0 bridgehead atoms. The zero-order valence-electron chi connectivity index (χ0n) is 10.7. The van der Waals surface area contributed by atoms with Gasteiger partial charge in [0.25, 0.3) is 5.56 Å². The Hall–Kier alpha value is -2.10. The summed E-state index contributed by atoms with van der Waals surface area (Å²) in [6, 6.07) is 7.59. The van der Waals surface area contributed by atoms with Crippen LogP contribution < -0.4 is 5.56 Å². The topological polar surface area (TPSA) is 66.0 Å². The van der Waals surface area contributed by atoms with E-state index in [9.17, 15) is 9.90 Å². The fraction of sp³-hybridized carbons (Fsp3) is 0.286. The predicted octanol–water partition coefficient (Wildman–Crippen LogP) is 2.57. The summed E-state index contributed by atoms with van der Waals surface area (Å²) in [6.07, 6.45) is 0. The van der Waals surface area contributed by atoms with Crippen LogP contribution in [0.5, 0.6) is 5.88 Å². The van der Waals surface area contributed by atoms with Gasteiger partial charge in [-0.2, -0.15) is 4.98 Å². The number of hydrogen-bond acceptors (Lipinski definition) is 3. The Kier molecular flexibility index (Phi) is 3.19. The zero-order valence-corrected chi connectivity index (χ0v) is 10.7. The van der Waals surface area contributed by atoms with Crippen molar-refractivity contribution >= 4 is 0 Å². The number of nitrogens with zero attached hydrogens (tertiary/aromatic N) is 1. The number of aromatic hydroxyl groups is 1. The minimum absolute atomic E-state index is 0.0617. The molecule has 0 atom stereocenters. The largest absolute Gasteiger partial charge is 0.493 e. The number of nitrogens with one attached hydrogen (secondary N) is 1. The number of aryl methyl sites for hydroxylation is 1. The molecule has 4 heteroatoms. The Morgan fingerprint density at radius 3 is 2.33 bits per heavy atom. The summed E-state index contributed by atoms with van der Waals surface area (Å²) < 4.78 is 0. The van der Waals surface area contributed by atoms with Crippen molar-refractivity contribution in [2.45, 2.75) is 26.7 Å². The molecule has 2 N–H and O–H groups in total. The quantitative estimate of drug-likeness (QED) is 0.853. The van der Waals surface area contributed by atoms with E-state index in [1.807, 2.05) is 45.0 Å². The number of H-pyrrole nitrogens is 1. The Morgan fingerprint density at radius 2 is 1.83 bits per heavy atom. The van der Waals surface area contributed by atoms with E-state index in [1.165, 1.54) is 0 Å². The van der Waals surface area contributed by atoms with Crippen molar-refractivity contribution in [2.75, 3.05) is 0 Å². The van der Waals surface area contributed by atoms with Crippen molar-refractivity contribution in [3.63, 3.8) is 0 Å². The van der Waals surface area contributed by atoms with Crippen molar-refractivity contribution in [1.82, 2.24) is 9.97 Å². The van der Waals surface area contributed by atoms with Crippen LogP contribution in [-0.4, -0.2) is 15.1 Å². The lowest BCUT2D eigenvalue weighted by Gasteiger charge is -2.08. The first-order valence-electron chi connectivity index (χ1n) is 5.89. The van der Waals surface area contributed by atoms with Gasteiger partial charge in [-0.3, -0.25) is 4.79 Å². The molecule has 2 rings (SSSR count). The van der Waals surface area contributed by atoms with Crippen LogP contribution >= 0.6 is 0 Å². The molecule has 1 aromatic heterocycles. The van der Waals surface area contributed by atoms with Crippen molar-refractivity contribution < 1.29 is 5.11 Å². The molecule has 0 aliphatic carbocycles. The van der Waals surface area contributed by atoms with Crippen molar-refractivity contribution in [3.8, 4) is 17.3 Å². The predicted molar refractivity (Wildman–Crippen MR) is 70.8 cm³/mol. The third-order valence-electron chi connectivity index (χ3n) is 2.84. The van der Waals surface area contributed by atoms with Gasteiger partial charge in [-0.25, -0.2) is 0 Å². The summed E-state index contributed by atoms with van der Waals surface area (Å²) in [7, 11) is 0. The lowest BCUT2D eigenvalue weighted by molar-refractivity contribution is 0.440. The van der Waals surface area contributed by atoms with E-state index in [0.29, 0.717) is 11.4 Å². The Balaban J connectivity index is 2.55. The van der Waals surface area contributed by atoms with E-state index in [4.69, 9.17) is 0 Å². The summed E-state index contributed by atoms with van der Waals surface area (Å²) in [5.74, 6) is 0.138. The third-order valence-corrected chi connectivity index (χ3v) is 2.84. The monoisotopic (exact) mass is 244 g/mol. The normalized spacial score (nSPS) is 10.9. The van der Waals surface area contributed by atoms with E-state index in [1.54, 1.807) is 0 Å². The number of aromatic amines is 1. The fourth-order valence-electron chi connectivity index (χ4n) is 1.84. The highest BCUT2D eigenvalue weighted by Gasteiger charge is 2.14. The number of aromatic nitrogens is 2. The van der Waals surface area contributed by atoms with Crippen LogP contribution in [0.1, 0.15) is 30.9 Å². The van der Waals surface area contributed by atoms with Gasteiger partial charge in [0, 0.05) is 5.56 Å². The Morgan fingerprint density at radius 1 is 1.22 bits per heavy atom. The van der Waals surface area contributed by atoms with Crippen LogP contribution in [0.3, 0.4) is 0 Å². The van der Waals surface area contributed by atoms with Gasteiger partial charge in [0.05, 0.1) is 5.56 Å². The highest BCUT2D eigenvalue weighted by atomic mass is 16.3. The first-order valence-corrected chi connectivity index (χ1v) is 5.89. The minimum Gasteiger partial charge on any atom is -0.493 e. The highest BCUT2D eigenvalue weighted by molar-refractivity contribution is 5.56. The molecule has 0 fully saturated rings. The van der Waals surface area contributed by atoms with Gasteiger partial charge in [-0.05, 0) is 12.8 Å². The van der Waals surface area contributed by atoms with Crippen LogP contribution in [0.2, 0.25) is 0 Å². The van der Waals surface area contributed by atoms with E-state index < -0.39 is 0 Å². The smallest absolute Gasteiger partial charge is 0.258 e. The second-order valence-corrected chi connectivity index (χ2v) is 4.67. The van der Waals surface area contributed by atoms with E-state index >= 15 is 0 Å². The van der Waals surface area contributed by atoms with Gasteiger partial charge in [-0.15, -0.1) is 0 Å². The van der Waals surface area contributed by atoms with Gasteiger partial charge in [0.15, 0.2) is 0 Å². The molecule has 1 aromatic carbocycles. The maximum atomic E-state index is 11.9. The number of hydrogen-bond donors (Lipinski definition) is 2. The molecule has 0 amide bonds. The van der Waals surface area contributed by atoms with Crippen LogP contribution in [-0.2, 0) is 0 Å².